The summed E-state index contributed by atoms with van der Waals surface area (Å²) in [6.45, 7) is 3.76. The van der Waals surface area contributed by atoms with Crippen molar-refractivity contribution in [3.8, 4) is 0 Å². The molecule has 7 heteroatoms. The van der Waals surface area contributed by atoms with Gasteiger partial charge in [-0.3, -0.25) is 4.90 Å². The van der Waals surface area contributed by atoms with Crippen LogP contribution in [0.4, 0.5) is 5.82 Å². The Balaban J connectivity index is 1.64. The molecule has 1 saturated heterocycles. The van der Waals surface area contributed by atoms with Crippen LogP contribution in [0.2, 0.25) is 5.28 Å². The zero-order valence-corrected chi connectivity index (χ0v) is 13.4. The number of hydrogen-bond acceptors (Lipinski definition) is 5. The summed E-state index contributed by atoms with van der Waals surface area (Å²) in [6, 6.07) is 3.80. The Bertz CT molecular complexity index is 792. The van der Waals surface area contributed by atoms with Crippen LogP contribution in [-0.4, -0.2) is 32.9 Å². The number of aromatic nitrogens is 3. The van der Waals surface area contributed by atoms with Crippen LogP contribution in [0.1, 0.15) is 24.2 Å². The summed E-state index contributed by atoms with van der Waals surface area (Å²) in [6.07, 6.45) is 6.21. The molecule has 0 aliphatic carbocycles. The molecule has 0 radical (unpaired) electrons. The minimum atomic E-state index is 0.231. The average Bonchev–Trinajstić information content (AvgIpc) is 3.27. The number of hydrogen-bond donors (Lipinski definition) is 2. The van der Waals surface area contributed by atoms with E-state index in [0.717, 1.165) is 42.2 Å². The zero-order chi connectivity index (χ0) is 15.6. The molecule has 0 amide bonds. The number of furan rings is 1. The van der Waals surface area contributed by atoms with Crippen LogP contribution in [-0.2, 0) is 13.1 Å². The minimum absolute atomic E-state index is 0.231. The van der Waals surface area contributed by atoms with Crippen LogP contribution in [0.15, 0.2) is 29.0 Å². The van der Waals surface area contributed by atoms with E-state index in [1.54, 1.807) is 6.26 Å². The van der Waals surface area contributed by atoms with Crippen LogP contribution in [0.25, 0.3) is 11.0 Å². The Morgan fingerprint density at radius 1 is 1.30 bits per heavy atom. The SMILES string of the molecule is Clc1nc(NCc2ccco2)c2c(CN3CCCC3)c[nH]c2n1. The molecule has 1 aliphatic heterocycles. The van der Waals surface area contributed by atoms with E-state index < -0.39 is 0 Å². The lowest BCUT2D eigenvalue weighted by Gasteiger charge is -2.14. The Labute approximate surface area is 138 Å². The summed E-state index contributed by atoms with van der Waals surface area (Å²) in [5, 5.41) is 4.55. The van der Waals surface area contributed by atoms with Gasteiger partial charge in [0.25, 0.3) is 0 Å². The fraction of sp³-hybridized carbons (Fsp3) is 0.375. The lowest BCUT2D eigenvalue weighted by atomic mass is 10.2. The van der Waals surface area contributed by atoms with Crippen LogP contribution >= 0.6 is 11.6 Å². The first kappa shape index (κ1) is 14.5. The van der Waals surface area contributed by atoms with Crippen LogP contribution in [0, 0.1) is 0 Å². The number of nitrogens with zero attached hydrogens (tertiary/aromatic N) is 3. The molecule has 120 valence electrons. The van der Waals surface area contributed by atoms with E-state index in [1.165, 1.54) is 18.4 Å². The summed E-state index contributed by atoms with van der Waals surface area (Å²) >= 11 is 6.05. The predicted molar refractivity (Wildman–Crippen MR) is 89.4 cm³/mol. The van der Waals surface area contributed by atoms with Gasteiger partial charge in [-0.2, -0.15) is 4.98 Å². The molecule has 23 heavy (non-hydrogen) atoms. The predicted octanol–water partition coefficient (Wildman–Crippen LogP) is 3.41. The summed E-state index contributed by atoms with van der Waals surface area (Å²) in [5.41, 5.74) is 1.96. The summed E-state index contributed by atoms with van der Waals surface area (Å²) in [7, 11) is 0. The highest BCUT2D eigenvalue weighted by Gasteiger charge is 2.18. The zero-order valence-electron chi connectivity index (χ0n) is 12.7. The Kier molecular flexibility index (Phi) is 3.93. The maximum Gasteiger partial charge on any atom is 0.226 e. The number of halogens is 1. The second kappa shape index (κ2) is 6.22. The third-order valence-corrected chi connectivity index (χ3v) is 4.36. The lowest BCUT2D eigenvalue weighted by Crippen LogP contribution is -2.18. The highest BCUT2D eigenvalue weighted by molar-refractivity contribution is 6.28. The first-order chi connectivity index (χ1) is 11.3. The van der Waals surface area contributed by atoms with E-state index in [2.05, 4.69) is 25.2 Å². The smallest absolute Gasteiger partial charge is 0.226 e. The van der Waals surface area contributed by atoms with Gasteiger partial charge >= 0.3 is 0 Å². The Morgan fingerprint density at radius 2 is 2.17 bits per heavy atom. The monoisotopic (exact) mass is 331 g/mol. The van der Waals surface area contributed by atoms with E-state index in [9.17, 15) is 0 Å². The molecule has 0 spiro atoms. The Morgan fingerprint density at radius 3 is 2.96 bits per heavy atom. The molecule has 3 aromatic rings. The third-order valence-electron chi connectivity index (χ3n) is 4.19. The van der Waals surface area contributed by atoms with Gasteiger partial charge in [0.2, 0.25) is 5.28 Å². The van der Waals surface area contributed by atoms with Gasteiger partial charge < -0.3 is 14.7 Å². The standard InChI is InChI=1S/C16H18ClN5O/c17-16-20-14-13(11(8-18-14)10-22-5-1-2-6-22)15(21-16)19-9-12-4-3-7-23-12/h3-4,7-8H,1-2,5-6,9-10H2,(H2,18,19,20,21). The Hall–Kier alpha value is -2.05. The van der Waals surface area contributed by atoms with E-state index in [-0.39, 0.29) is 5.28 Å². The number of fused-ring (bicyclic) bond motifs is 1. The molecule has 0 saturated carbocycles. The largest absolute Gasteiger partial charge is 0.467 e. The van der Waals surface area contributed by atoms with Crippen molar-refractivity contribution in [2.24, 2.45) is 0 Å². The minimum Gasteiger partial charge on any atom is -0.467 e. The van der Waals surface area contributed by atoms with Gasteiger partial charge in [0, 0.05) is 12.7 Å². The molecule has 0 unspecified atom stereocenters. The molecule has 1 fully saturated rings. The number of rotatable bonds is 5. The normalized spacial score (nSPS) is 15.5. The molecular weight excluding hydrogens is 314 g/mol. The second-order valence-electron chi connectivity index (χ2n) is 5.79. The number of H-pyrrole nitrogens is 1. The second-order valence-corrected chi connectivity index (χ2v) is 6.13. The number of anilines is 1. The molecule has 4 rings (SSSR count). The maximum atomic E-state index is 6.05. The fourth-order valence-electron chi connectivity index (χ4n) is 3.09. The van der Waals surface area contributed by atoms with Crippen molar-refractivity contribution in [1.29, 1.82) is 0 Å². The average molecular weight is 332 g/mol. The third kappa shape index (κ3) is 3.04. The quantitative estimate of drug-likeness (QED) is 0.701. The van der Waals surface area contributed by atoms with Crippen molar-refractivity contribution in [3.63, 3.8) is 0 Å². The van der Waals surface area contributed by atoms with Crippen molar-refractivity contribution in [2.75, 3.05) is 18.4 Å². The molecule has 0 aromatic carbocycles. The highest BCUT2D eigenvalue weighted by atomic mass is 35.5. The van der Waals surface area contributed by atoms with Crippen molar-refractivity contribution in [1.82, 2.24) is 19.9 Å². The molecule has 6 nitrogen and oxygen atoms in total. The summed E-state index contributed by atoms with van der Waals surface area (Å²) < 4.78 is 5.36. The van der Waals surface area contributed by atoms with Crippen molar-refractivity contribution >= 4 is 28.5 Å². The summed E-state index contributed by atoms with van der Waals surface area (Å²) in [5.74, 6) is 1.59. The van der Waals surface area contributed by atoms with Gasteiger partial charge in [0.15, 0.2) is 0 Å². The first-order valence-corrected chi connectivity index (χ1v) is 8.19. The molecule has 4 heterocycles. The van der Waals surface area contributed by atoms with E-state index in [1.807, 2.05) is 18.3 Å². The van der Waals surface area contributed by atoms with E-state index in [4.69, 9.17) is 16.0 Å². The molecule has 1 aliphatic rings. The molecular formula is C16H18ClN5O. The van der Waals surface area contributed by atoms with Gasteiger partial charge in [-0.15, -0.1) is 0 Å². The van der Waals surface area contributed by atoms with Gasteiger partial charge in [-0.05, 0) is 55.2 Å². The lowest BCUT2D eigenvalue weighted by molar-refractivity contribution is 0.332. The molecule has 2 N–H and O–H groups in total. The summed E-state index contributed by atoms with van der Waals surface area (Å²) in [4.78, 5) is 14.3. The number of likely N-dealkylation sites (tertiary alicyclic amines) is 1. The van der Waals surface area contributed by atoms with Gasteiger partial charge in [-0.25, -0.2) is 4.98 Å². The molecule has 3 aromatic heterocycles. The van der Waals surface area contributed by atoms with Crippen LogP contribution in [0.5, 0.6) is 0 Å². The van der Waals surface area contributed by atoms with E-state index in [0.29, 0.717) is 6.54 Å². The first-order valence-electron chi connectivity index (χ1n) is 7.82. The van der Waals surface area contributed by atoms with Gasteiger partial charge in [-0.1, -0.05) is 0 Å². The van der Waals surface area contributed by atoms with Crippen molar-refractivity contribution < 1.29 is 4.42 Å². The topological polar surface area (TPSA) is 70.0 Å². The highest BCUT2D eigenvalue weighted by Crippen LogP contribution is 2.28. The van der Waals surface area contributed by atoms with Crippen molar-refractivity contribution in [3.05, 3.63) is 41.2 Å². The molecule has 0 atom stereocenters. The van der Waals surface area contributed by atoms with Crippen molar-refractivity contribution in [2.45, 2.75) is 25.9 Å². The number of aromatic amines is 1. The maximum absolute atomic E-state index is 6.05. The van der Waals surface area contributed by atoms with E-state index >= 15 is 0 Å². The number of nitrogens with one attached hydrogen (secondary N) is 2. The van der Waals surface area contributed by atoms with Crippen LogP contribution in [0.3, 0.4) is 0 Å². The van der Waals surface area contributed by atoms with Crippen LogP contribution < -0.4 is 5.32 Å². The fourth-order valence-corrected chi connectivity index (χ4v) is 3.26. The van der Waals surface area contributed by atoms with Gasteiger partial charge in [0.05, 0.1) is 18.2 Å². The molecule has 0 bridgehead atoms. The van der Waals surface area contributed by atoms with Gasteiger partial charge in [0.1, 0.15) is 17.2 Å².